The summed E-state index contributed by atoms with van der Waals surface area (Å²) in [6, 6.07) is 0.351. The van der Waals surface area contributed by atoms with Gasteiger partial charge in [-0.25, -0.2) is 4.79 Å². The topological polar surface area (TPSA) is 44.4 Å². The number of piperidine rings is 1. The van der Waals surface area contributed by atoms with Gasteiger partial charge in [-0.1, -0.05) is 6.92 Å². The molecule has 0 saturated carbocycles. The summed E-state index contributed by atoms with van der Waals surface area (Å²) in [6.07, 6.45) is 3.12. The second kappa shape index (κ2) is 5.86. The van der Waals surface area contributed by atoms with Crippen LogP contribution in [0.5, 0.6) is 0 Å². The molecule has 0 unspecified atom stereocenters. The normalized spacial score (nSPS) is 19.3. The van der Waals surface area contributed by atoms with Gasteiger partial charge in [-0.2, -0.15) is 0 Å². The summed E-state index contributed by atoms with van der Waals surface area (Å²) in [5.41, 5.74) is 0. The smallest absolute Gasteiger partial charge is 0.315 e. The van der Waals surface area contributed by atoms with Crippen LogP contribution < -0.4 is 10.6 Å². The van der Waals surface area contributed by atoms with E-state index >= 15 is 0 Å². The first-order valence-corrected chi connectivity index (χ1v) is 5.45. The molecule has 14 heavy (non-hydrogen) atoms. The van der Waals surface area contributed by atoms with Crippen molar-refractivity contribution in [2.75, 3.05) is 26.7 Å². The molecule has 0 aromatic heterocycles. The number of amides is 2. The number of rotatable bonds is 3. The second-order valence-corrected chi connectivity index (χ2v) is 3.98. The van der Waals surface area contributed by atoms with Gasteiger partial charge in [-0.15, -0.1) is 0 Å². The molecule has 1 fully saturated rings. The largest absolute Gasteiger partial charge is 0.338 e. The Kier molecular flexibility index (Phi) is 4.73. The number of nitrogens with one attached hydrogen (secondary N) is 2. The van der Waals surface area contributed by atoms with Crippen molar-refractivity contribution in [3.8, 4) is 0 Å². The number of carbonyl (C=O) groups is 1. The van der Waals surface area contributed by atoms with Crippen LogP contribution in [0.15, 0.2) is 0 Å². The molecule has 0 aliphatic carbocycles. The van der Waals surface area contributed by atoms with Crippen LogP contribution in [-0.4, -0.2) is 43.7 Å². The molecule has 0 atom stereocenters. The van der Waals surface area contributed by atoms with Crippen LogP contribution in [0.3, 0.4) is 0 Å². The van der Waals surface area contributed by atoms with Crippen molar-refractivity contribution in [1.29, 1.82) is 0 Å². The third kappa shape index (κ3) is 3.96. The van der Waals surface area contributed by atoms with Crippen molar-refractivity contribution >= 4 is 6.03 Å². The standard InChI is InChI=1S/C10H21N3O/c1-3-6-11-10(14)12-9-4-7-13(2)8-5-9/h9H,3-8H2,1-2H3,(H2,11,12,14). The van der Waals surface area contributed by atoms with Gasteiger partial charge in [0.05, 0.1) is 0 Å². The summed E-state index contributed by atoms with van der Waals surface area (Å²) in [5.74, 6) is 0. The molecule has 1 rings (SSSR count). The first-order chi connectivity index (χ1) is 6.72. The van der Waals surface area contributed by atoms with Gasteiger partial charge in [0.25, 0.3) is 0 Å². The highest BCUT2D eigenvalue weighted by atomic mass is 16.2. The Morgan fingerprint density at radius 1 is 1.43 bits per heavy atom. The first-order valence-electron chi connectivity index (χ1n) is 5.45. The number of likely N-dealkylation sites (tertiary alicyclic amines) is 1. The van der Waals surface area contributed by atoms with Gasteiger partial charge in [0.15, 0.2) is 0 Å². The highest BCUT2D eigenvalue weighted by Crippen LogP contribution is 2.07. The number of nitrogens with zero attached hydrogens (tertiary/aromatic N) is 1. The molecule has 4 heteroatoms. The minimum Gasteiger partial charge on any atom is -0.338 e. The van der Waals surface area contributed by atoms with Crippen molar-refractivity contribution in [2.24, 2.45) is 0 Å². The summed E-state index contributed by atoms with van der Waals surface area (Å²) in [5, 5.41) is 5.82. The number of carbonyl (C=O) groups excluding carboxylic acids is 1. The maximum absolute atomic E-state index is 11.3. The minimum atomic E-state index is -0.0126. The van der Waals surface area contributed by atoms with Gasteiger partial charge < -0.3 is 15.5 Å². The number of urea groups is 1. The van der Waals surface area contributed by atoms with Crippen molar-refractivity contribution in [2.45, 2.75) is 32.2 Å². The number of hydrogen-bond donors (Lipinski definition) is 2. The van der Waals surface area contributed by atoms with Gasteiger partial charge in [0, 0.05) is 12.6 Å². The Balaban J connectivity index is 2.14. The van der Waals surface area contributed by atoms with Crippen LogP contribution in [0.2, 0.25) is 0 Å². The molecule has 0 spiro atoms. The lowest BCUT2D eigenvalue weighted by Crippen LogP contribution is -2.47. The molecule has 1 heterocycles. The quantitative estimate of drug-likeness (QED) is 0.706. The fourth-order valence-electron chi connectivity index (χ4n) is 1.63. The third-order valence-electron chi connectivity index (χ3n) is 2.59. The molecule has 0 aromatic rings. The number of hydrogen-bond acceptors (Lipinski definition) is 2. The molecule has 2 amide bonds. The van der Waals surface area contributed by atoms with Gasteiger partial charge in [0.1, 0.15) is 0 Å². The predicted octanol–water partition coefficient (Wildman–Crippen LogP) is 0.790. The van der Waals surface area contributed by atoms with E-state index in [0.29, 0.717) is 6.04 Å². The van der Waals surface area contributed by atoms with Crippen molar-refractivity contribution < 1.29 is 4.79 Å². The SMILES string of the molecule is CCCNC(=O)NC1CCN(C)CC1. The highest BCUT2D eigenvalue weighted by molar-refractivity contribution is 5.74. The molecule has 1 saturated heterocycles. The predicted molar refractivity (Wildman–Crippen MR) is 57.3 cm³/mol. The van der Waals surface area contributed by atoms with Crippen LogP contribution >= 0.6 is 0 Å². The van der Waals surface area contributed by atoms with E-state index in [4.69, 9.17) is 0 Å². The summed E-state index contributed by atoms with van der Waals surface area (Å²) in [4.78, 5) is 13.6. The average molecular weight is 199 g/mol. The average Bonchev–Trinajstić information content (AvgIpc) is 2.18. The van der Waals surface area contributed by atoms with E-state index in [1.54, 1.807) is 0 Å². The highest BCUT2D eigenvalue weighted by Gasteiger charge is 2.17. The maximum Gasteiger partial charge on any atom is 0.315 e. The monoisotopic (exact) mass is 199 g/mol. The second-order valence-electron chi connectivity index (χ2n) is 3.98. The zero-order chi connectivity index (χ0) is 10.4. The van der Waals surface area contributed by atoms with Gasteiger partial charge in [-0.3, -0.25) is 0 Å². The van der Waals surface area contributed by atoms with E-state index in [0.717, 1.165) is 38.9 Å². The van der Waals surface area contributed by atoms with E-state index in [2.05, 4.69) is 29.5 Å². The van der Waals surface area contributed by atoms with Crippen LogP contribution in [-0.2, 0) is 0 Å². The zero-order valence-corrected chi connectivity index (χ0v) is 9.18. The lowest BCUT2D eigenvalue weighted by Gasteiger charge is -2.29. The van der Waals surface area contributed by atoms with Crippen LogP contribution in [0.4, 0.5) is 4.79 Å². The molecule has 82 valence electrons. The first kappa shape index (κ1) is 11.3. The molecule has 0 bridgehead atoms. The summed E-state index contributed by atoms with van der Waals surface area (Å²) < 4.78 is 0. The molecular weight excluding hydrogens is 178 g/mol. The summed E-state index contributed by atoms with van der Waals surface area (Å²) in [7, 11) is 2.12. The molecule has 1 aliphatic rings. The molecule has 4 nitrogen and oxygen atoms in total. The minimum absolute atomic E-state index is 0.0126. The van der Waals surface area contributed by atoms with E-state index in [-0.39, 0.29) is 6.03 Å². The fourth-order valence-corrected chi connectivity index (χ4v) is 1.63. The molecule has 0 aromatic carbocycles. The lowest BCUT2D eigenvalue weighted by atomic mass is 10.1. The molecule has 0 radical (unpaired) electrons. The van der Waals surface area contributed by atoms with Crippen LogP contribution in [0.25, 0.3) is 0 Å². The van der Waals surface area contributed by atoms with Crippen molar-refractivity contribution in [1.82, 2.24) is 15.5 Å². The van der Waals surface area contributed by atoms with E-state index in [9.17, 15) is 4.79 Å². The Labute approximate surface area is 86.0 Å². The maximum atomic E-state index is 11.3. The summed E-state index contributed by atoms with van der Waals surface area (Å²) >= 11 is 0. The Bertz CT molecular complexity index is 176. The Morgan fingerprint density at radius 3 is 2.64 bits per heavy atom. The van der Waals surface area contributed by atoms with E-state index < -0.39 is 0 Å². The van der Waals surface area contributed by atoms with Gasteiger partial charge in [-0.05, 0) is 39.4 Å². The van der Waals surface area contributed by atoms with E-state index in [1.807, 2.05) is 0 Å². The van der Waals surface area contributed by atoms with Crippen molar-refractivity contribution in [3.63, 3.8) is 0 Å². The zero-order valence-electron chi connectivity index (χ0n) is 9.18. The molecule has 1 aliphatic heterocycles. The third-order valence-corrected chi connectivity index (χ3v) is 2.59. The Morgan fingerprint density at radius 2 is 2.07 bits per heavy atom. The van der Waals surface area contributed by atoms with Crippen LogP contribution in [0, 0.1) is 0 Å². The molecule has 2 N–H and O–H groups in total. The van der Waals surface area contributed by atoms with Crippen LogP contribution in [0.1, 0.15) is 26.2 Å². The van der Waals surface area contributed by atoms with Gasteiger partial charge >= 0.3 is 6.03 Å². The molecular formula is C10H21N3O. The summed E-state index contributed by atoms with van der Waals surface area (Å²) in [6.45, 7) is 4.98. The van der Waals surface area contributed by atoms with Gasteiger partial charge in [0.2, 0.25) is 0 Å². The Hall–Kier alpha value is -0.770. The van der Waals surface area contributed by atoms with E-state index in [1.165, 1.54) is 0 Å². The lowest BCUT2D eigenvalue weighted by molar-refractivity contribution is 0.214. The fraction of sp³-hybridized carbons (Fsp3) is 0.900. The van der Waals surface area contributed by atoms with Crippen molar-refractivity contribution in [3.05, 3.63) is 0 Å².